The number of benzene rings is 2. The summed E-state index contributed by atoms with van der Waals surface area (Å²) in [5.41, 5.74) is 1.49. The van der Waals surface area contributed by atoms with Crippen molar-refractivity contribution in [2.45, 2.75) is 11.4 Å². The normalized spacial score (nSPS) is 15.8. The van der Waals surface area contributed by atoms with Gasteiger partial charge in [0.2, 0.25) is 0 Å². The highest BCUT2D eigenvalue weighted by molar-refractivity contribution is 9.10. The summed E-state index contributed by atoms with van der Waals surface area (Å²) < 4.78 is 28.4. The Labute approximate surface area is 136 Å². The molecule has 0 aromatic heterocycles. The molecule has 21 heavy (non-hydrogen) atoms. The molecule has 0 atom stereocenters. The molecule has 0 fully saturated rings. The smallest absolute Gasteiger partial charge is 0.285 e. The highest BCUT2D eigenvalue weighted by Crippen LogP contribution is 2.31. The number of fused-ring (bicyclic) bond motifs is 1. The Morgan fingerprint density at radius 3 is 2.71 bits per heavy atom. The second kappa shape index (κ2) is 5.44. The first-order valence-corrected chi connectivity index (χ1v) is 8.68. The van der Waals surface area contributed by atoms with E-state index in [-0.39, 0.29) is 4.90 Å². The quantitative estimate of drug-likeness (QED) is 0.789. The molecule has 108 valence electrons. The van der Waals surface area contributed by atoms with Crippen LogP contribution in [0.3, 0.4) is 0 Å². The van der Waals surface area contributed by atoms with Gasteiger partial charge in [-0.15, -0.1) is 4.40 Å². The molecular weight excluding hydrogens is 376 g/mol. The van der Waals surface area contributed by atoms with Crippen LogP contribution in [0.25, 0.3) is 0 Å². The summed E-state index contributed by atoms with van der Waals surface area (Å²) in [5.74, 6) is 0. The second-order valence-electron chi connectivity index (χ2n) is 4.53. The maximum absolute atomic E-state index is 11.9. The summed E-state index contributed by atoms with van der Waals surface area (Å²) in [6.45, 7) is 0.447. The zero-order valence-corrected chi connectivity index (χ0v) is 13.9. The maximum atomic E-state index is 11.9. The summed E-state index contributed by atoms with van der Waals surface area (Å²) in [7, 11) is -3.60. The fourth-order valence-corrected chi connectivity index (χ4v) is 3.89. The number of hydrogen-bond donors (Lipinski definition) is 0. The zero-order chi connectivity index (χ0) is 15.0. The van der Waals surface area contributed by atoms with Crippen LogP contribution in [0, 0.1) is 0 Å². The van der Waals surface area contributed by atoms with Gasteiger partial charge in [0.05, 0.1) is 12.2 Å². The van der Waals surface area contributed by atoms with Gasteiger partial charge in [-0.3, -0.25) is 0 Å². The van der Waals surface area contributed by atoms with E-state index in [1.807, 2.05) is 12.1 Å². The number of hydrogen-bond acceptors (Lipinski definition) is 3. The Morgan fingerprint density at radius 1 is 1.19 bits per heavy atom. The summed E-state index contributed by atoms with van der Waals surface area (Å²) in [5, 5.41) is 0.615. The summed E-state index contributed by atoms with van der Waals surface area (Å²) in [6, 6.07) is 12.4. The van der Waals surface area contributed by atoms with E-state index >= 15 is 0 Å². The van der Waals surface area contributed by atoms with Crippen LogP contribution in [0.2, 0.25) is 5.02 Å². The van der Waals surface area contributed by atoms with Gasteiger partial charge < -0.3 is 4.90 Å². The van der Waals surface area contributed by atoms with Gasteiger partial charge in [-0.25, -0.2) is 0 Å². The van der Waals surface area contributed by atoms with Crippen LogP contribution in [-0.4, -0.2) is 14.8 Å². The van der Waals surface area contributed by atoms with E-state index in [9.17, 15) is 8.42 Å². The summed E-state index contributed by atoms with van der Waals surface area (Å²) >= 11 is 9.57. The number of anilines is 1. The lowest BCUT2D eigenvalue weighted by Gasteiger charge is -2.25. The topological polar surface area (TPSA) is 49.7 Å². The molecule has 7 heteroatoms. The van der Waals surface area contributed by atoms with Gasteiger partial charge in [-0.1, -0.05) is 45.7 Å². The number of sulfonamides is 1. The van der Waals surface area contributed by atoms with Crippen LogP contribution >= 0.6 is 27.5 Å². The van der Waals surface area contributed by atoms with Crippen molar-refractivity contribution in [3.8, 4) is 0 Å². The van der Waals surface area contributed by atoms with Crippen molar-refractivity contribution >= 4 is 49.6 Å². The van der Waals surface area contributed by atoms with Crippen molar-refractivity contribution in [2.24, 2.45) is 4.40 Å². The zero-order valence-electron chi connectivity index (χ0n) is 10.7. The van der Waals surface area contributed by atoms with E-state index in [0.717, 1.165) is 10.0 Å². The van der Waals surface area contributed by atoms with E-state index in [1.54, 1.807) is 35.2 Å². The third-order valence-corrected chi connectivity index (χ3v) is 5.25. The Hall–Kier alpha value is -1.37. The third kappa shape index (κ3) is 2.84. The van der Waals surface area contributed by atoms with Crippen LogP contribution < -0.4 is 4.90 Å². The molecule has 1 aliphatic rings. The average Bonchev–Trinajstić information content (AvgIpc) is 2.45. The lowest BCUT2D eigenvalue weighted by Crippen LogP contribution is -2.26. The molecule has 2 aromatic carbocycles. The van der Waals surface area contributed by atoms with Gasteiger partial charge >= 0.3 is 0 Å². The summed E-state index contributed by atoms with van der Waals surface area (Å²) in [6.07, 6.45) is 1.33. The van der Waals surface area contributed by atoms with E-state index < -0.39 is 10.0 Å². The Balaban J connectivity index is 2.01. The summed E-state index contributed by atoms with van der Waals surface area (Å²) in [4.78, 5) is 1.98. The molecule has 0 radical (unpaired) electrons. The molecule has 4 nitrogen and oxygen atoms in total. The monoisotopic (exact) mass is 384 g/mol. The van der Waals surface area contributed by atoms with Crippen molar-refractivity contribution in [2.75, 3.05) is 4.90 Å². The van der Waals surface area contributed by atoms with Gasteiger partial charge in [0, 0.05) is 9.50 Å². The number of nitrogens with zero attached hydrogens (tertiary/aromatic N) is 2. The first-order chi connectivity index (χ1) is 9.97. The highest BCUT2D eigenvalue weighted by Gasteiger charge is 2.25. The average molecular weight is 386 g/mol. The molecule has 3 rings (SSSR count). The molecule has 0 unspecified atom stereocenters. The van der Waals surface area contributed by atoms with Gasteiger partial charge in [0.25, 0.3) is 10.0 Å². The minimum Gasteiger partial charge on any atom is -0.326 e. The fourth-order valence-electron chi connectivity index (χ4n) is 2.11. The lowest BCUT2D eigenvalue weighted by molar-refractivity contribution is 0.597. The standard InChI is InChI=1S/C14H10BrClN2O2S/c15-11-6-5-10(12(16)7-11)8-18-9-17-21(19,20)14-4-2-1-3-13(14)18/h1-7,9H,8H2. The number of rotatable bonds is 2. The minimum absolute atomic E-state index is 0.209. The van der Waals surface area contributed by atoms with Crippen molar-refractivity contribution in [1.29, 1.82) is 0 Å². The van der Waals surface area contributed by atoms with Gasteiger partial charge in [0.15, 0.2) is 0 Å². The van der Waals surface area contributed by atoms with Crippen molar-refractivity contribution in [3.05, 3.63) is 57.5 Å². The molecular formula is C14H10BrClN2O2S. The number of para-hydroxylation sites is 1. The SMILES string of the molecule is O=S1(=O)N=CN(Cc2ccc(Br)cc2Cl)c2ccccc21. The fraction of sp³-hybridized carbons (Fsp3) is 0.0714. The molecule has 0 spiro atoms. The molecule has 0 saturated carbocycles. The van der Waals surface area contributed by atoms with Crippen LogP contribution in [0.1, 0.15) is 5.56 Å². The largest absolute Gasteiger partial charge is 0.326 e. The van der Waals surface area contributed by atoms with Crippen molar-refractivity contribution in [1.82, 2.24) is 0 Å². The lowest BCUT2D eigenvalue weighted by atomic mass is 10.2. The van der Waals surface area contributed by atoms with Crippen LogP contribution in [0.4, 0.5) is 5.69 Å². The predicted molar refractivity (Wildman–Crippen MR) is 87.5 cm³/mol. The van der Waals surface area contributed by atoms with E-state index in [1.165, 1.54) is 6.34 Å². The van der Waals surface area contributed by atoms with Crippen LogP contribution in [-0.2, 0) is 16.6 Å². The second-order valence-corrected chi connectivity index (χ2v) is 7.45. The molecule has 0 aliphatic carbocycles. The number of halogens is 2. The van der Waals surface area contributed by atoms with E-state index in [2.05, 4.69) is 20.3 Å². The molecule has 0 bridgehead atoms. The molecule has 1 aliphatic heterocycles. The minimum atomic E-state index is -3.60. The van der Waals surface area contributed by atoms with Gasteiger partial charge in [-0.2, -0.15) is 8.42 Å². The van der Waals surface area contributed by atoms with Gasteiger partial charge in [0.1, 0.15) is 11.2 Å². The van der Waals surface area contributed by atoms with Crippen molar-refractivity contribution in [3.63, 3.8) is 0 Å². The molecule has 1 heterocycles. The van der Waals surface area contributed by atoms with E-state index in [4.69, 9.17) is 11.6 Å². The highest BCUT2D eigenvalue weighted by atomic mass is 79.9. The molecule has 2 aromatic rings. The van der Waals surface area contributed by atoms with Gasteiger partial charge in [-0.05, 0) is 29.8 Å². The van der Waals surface area contributed by atoms with Crippen LogP contribution in [0.5, 0.6) is 0 Å². The molecule has 0 saturated heterocycles. The Morgan fingerprint density at radius 2 is 1.95 bits per heavy atom. The molecule has 0 amide bonds. The maximum Gasteiger partial charge on any atom is 0.285 e. The Kier molecular flexibility index (Phi) is 3.77. The predicted octanol–water partition coefficient (Wildman–Crippen LogP) is 3.84. The van der Waals surface area contributed by atoms with Crippen molar-refractivity contribution < 1.29 is 8.42 Å². The Bertz CT molecular complexity index is 837. The molecule has 0 N–H and O–H groups in total. The first kappa shape index (κ1) is 14.6. The third-order valence-electron chi connectivity index (χ3n) is 3.13. The van der Waals surface area contributed by atoms with E-state index in [0.29, 0.717) is 17.3 Å². The first-order valence-electron chi connectivity index (χ1n) is 6.07. The van der Waals surface area contributed by atoms with Crippen LogP contribution in [0.15, 0.2) is 56.2 Å².